The highest BCUT2D eigenvalue weighted by molar-refractivity contribution is 5.60. The highest BCUT2D eigenvalue weighted by Gasteiger charge is 2.21. The Balaban J connectivity index is 2.99. The molecule has 0 atom stereocenters. The second-order valence-electron chi connectivity index (χ2n) is 3.89. The average Bonchev–Trinajstić information content (AvgIpc) is 2.25. The number of aromatic amines is 1. The molecule has 0 aliphatic rings. The Morgan fingerprint density at radius 3 is 2.67 bits per heavy atom. The number of aromatic nitrogens is 2. The van der Waals surface area contributed by atoms with Crippen LogP contribution in [-0.2, 0) is 0 Å². The molecular formula is C10H18N4O. The van der Waals surface area contributed by atoms with E-state index < -0.39 is 0 Å². The fraction of sp³-hybridized carbons (Fsp3) is 0.600. The minimum atomic E-state index is -0.304. The fourth-order valence-electron chi connectivity index (χ4n) is 1.22. The number of rotatable bonds is 4. The van der Waals surface area contributed by atoms with Crippen LogP contribution >= 0.6 is 0 Å². The van der Waals surface area contributed by atoms with Gasteiger partial charge in [0.2, 0.25) is 0 Å². The van der Waals surface area contributed by atoms with Gasteiger partial charge in [0.1, 0.15) is 5.69 Å². The predicted octanol–water partition coefficient (Wildman–Crippen LogP) is 1.34. The Kier molecular flexibility index (Phi) is 3.34. The third kappa shape index (κ3) is 2.49. The van der Waals surface area contributed by atoms with Crippen LogP contribution in [0.25, 0.3) is 0 Å². The van der Waals surface area contributed by atoms with Crippen LogP contribution in [0.1, 0.15) is 33.6 Å². The Morgan fingerprint density at radius 2 is 2.13 bits per heavy atom. The third-order valence-corrected chi connectivity index (χ3v) is 2.87. The smallest absolute Gasteiger partial charge is 0.276 e. The normalized spacial score (nSPS) is 11.4. The van der Waals surface area contributed by atoms with Crippen molar-refractivity contribution in [3.8, 4) is 0 Å². The van der Waals surface area contributed by atoms with E-state index in [1.807, 2.05) is 0 Å². The van der Waals surface area contributed by atoms with Crippen LogP contribution in [0.15, 0.2) is 11.1 Å². The van der Waals surface area contributed by atoms with E-state index >= 15 is 0 Å². The lowest BCUT2D eigenvalue weighted by Crippen LogP contribution is -2.34. The van der Waals surface area contributed by atoms with E-state index in [-0.39, 0.29) is 16.8 Å². The molecule has 1 rings (SSSR count). The maximum atomic E-state index is 11.2. The Labute approximate surface area is 89.1 Å². The monoisotopic (exact) mass is 210 g/mol. The van der Waals surface area contributed by atoms with Gasteiger partial charge in [0.05, 0.1) is 6.33 Å². The second kappa shape index (κ2) is 4.33. The number of hydrogen-bond acceptors (Lipinski definition) is 4. The van der Waals surface area contributed by atoms with Gasteiger partial charge in [-0.15, -0.1) is 0 Å². The van der Waals surface area contributed by atoms with Crippen molar-refractivity contribution in [1.29, 1.82) is 0 Å². The quantitative estimate of drug-likeness (QED) is 0.700. The minimum absolute atomic E-state index is 0.0745. The Bertz CT molecular complexity index is 381. The fourth-order valence-corrected chi connectivity index (χ4v) is 1.22. The maximum Gasteiger partial charge on any atom is 0.276 e. The summed E-state index contributed by atoms with van der Waals surface area (Å²) in [5.74, 6) is 0.463. The van der Waals surface area contributed by atoms with Gasteiger partial charge < -0.3 is 16.0 Å². The molecule has 0 saturated carbocycles. The molecule has 0 radical (unpaired) electrons. The van der Waals surface area contributed by atoms with E-state index in [0.29, 0.717) is 5.82 Å². The van der Waals surface area contributed by atoms with Crippen molar-refractivity contribution in [2.24, 2.45) is 0 Å². The molecule has 0 unspecified atom stereocenters. The first-order chi connectivity index (χ1) is 7.02. The van der Waals surface area contributed by atoms with Crippen LogP contribution < -0.4 is 16.6 Å². The molecule has 1 aromatic heterocycles. The lowest BCUT2D eigenvalue weighted by atomic mass is 9.95. The van der Waals surface area contributed by atoms with Crippen molar-refractivity contribution >= 4 is 11.5 Å². The minimum Gasteiger partial charge on any atom is -0.391 e. The molecular weight excluding hydrogens is 192 g/mol. The molecule has 0 spiro atoms. The van der Waals surface area contributed by atoms with Gasteiger partial charge in [-0.05, 0) is 19.8 Å². The number of nitrogens with zero attached hydrogens (tertiary/aromatic N) is 1. The molecule has 0 bridgehead atoms. The zero-order valence-corrected chi connectivity index (χ0v) is 9.42. The van der Waals surface area contributed by atoms with Gasteiger partial charge >= 0.3 is 0 Å². The molecule has 4 N–H and O–H groups in total. The number of nitrogens with two attached hydrogens (primary N) is 1. The summed E-state index contributed by atoms with van der Waals surface area (Å²) >= 11 is 0. The molecule has 84 valence electrons. The second-order valence-corrected chi connectivity index (χ2v) is 3.89. The topological polar surface area (TPSA) is 83.8 Å². The van der Waals surface area contributed by atoms with Crippen molar-refractivity contribution in [1.82, 2.24) is 9.97 Å². The van der Waals surface area contributed by atoms with Crippen molar-refractivity contribution in [3.05, 3.63) is 16.7 Å². The van der Waals surface area contributed by atoms with Crippen molar-refractivity contribution in [2.45, 2.75) is 39.2 Å². The van der Waals surface area contributed by atoms with Crippen LogP contribution in [-0.4, -0.2) is 15.5 Å². The van der Waals surface area contributed by atoms with E-state index in [1.54, 1.807) is 0 Å². The van der Waals surface area contributed by atoms with Gasteiger partial charge in [-0.25, -0.2) is 4.98 Å². The molecule has 0 aromatic carbocycles. The lowest BCUT2D eigenvalue weighted by Gasteiger charge is -2.29. The number of hydrogen-bond donors (Lipinski definition) is 3. The van der Waals surface area contributed by atoms with E-state index in [2.05, 4.69) is 36.1 Å². The summed E-state index contributed by atoms with van der Waals surface area (Å²) in [4.78, 5) is 17.7. The molecule has 5 heteroatoms. The van der Waals surface area contributed by atoms with Gasteiger partial charge in [-0.3, -0.25) is 4.79 Å². The summed E-state index contributed by atoms with van der Waals surface area (Å²) in [7, 11) is 0. The molecule has 0 saturated heterocycles. The first-order valence-corrected chi connectivity index (χ1v) is 5.13. The molecule has 1 aromatic rings. The number of nitrogen functional groups attached to an aromatic ring is 1. The molecule has 0 fully saturated rings. The standard InChI is InChI=1S/C10H18N4O/c1-4-10(3,5-2)14-8-7(11)9(15)13-6-12-8/h6H,4-5,11H2,1-3H3,(H2,12,13,14,15). The van der Waals surface area contributed by atoms with Gasteiger partial charge in [-0.2, -0.15) is 0 Å². The summed E-state index contributed by atoms with van der Waals surface area (Å²) < 4.78 is 0. The molecule has 0 aliphatic heterocycles. The first-order valence-electron chi connectivity index (χ1n) is 5.13. The number of nitrogens with one attached hydrogen (secondary N) is 2. The molecule has 1 heterocycles. The predicted molar refractivity (Wildman–Crippen MR) is 61.9 cm³/mol. The maximum absolute atomic E-state index is 11.2. The summed E-state index contributed by atoms with van der Waals surface area (Å²) in [6.45, 7) is 6.25. The van der Waals surface area contributed by atoms with Crippen LogP contribution in [0.3, 0.4) is 0 Å². The third-order valence-electron chi connectivity index (χ3n) is 2.87. The molecule has 5 nitrogen and oxygen atoms in total. The largest absolute Gasteiger partial charge is 0.391 e. The average molecular weight is 210 g/mol. The van der Waals surface area contributed by atoms with Crippen LogP contribution in [0.2, 0.25) is 0 Å². The molecule has 15 heavy (non-hydrogen) atoms. The Hall–Kier alpha value is -1.52. The summed E-state index contributed by atoms with van der Waals surface area (Å²) in [5, 5.41) is 3.21. The van der Waals surface area contributed by atoms with E-state index in [4.69, 9.17) is 5.73 Å². The highest BCUT2D eigenvalue weighted by Crippen LogP contribution is 2.21. The number of H-pyrrole nitrogens is 1. The first kappa shape index (κ1) is 11.6. The summed E-state index contributed by atoms with van der Waals surface area (Å²) in [6.07, 6.45) is 3.24. The van der Waals surface area contributed by atoms with E-state index in [0.717, 1.165) is 12.8 Å². The van der Waals surface area contributed by atoms with Gasteiger partial charge in [0.15, 0.2) is 5.82 Å². The molecule has 0 amide bonds. The van der Waals surface area contributed by atoms with Crippen molar-refractivity contribution < 1.29 is 0 Å². The van der Waals surface area contributed by atoms with Crippen LogP contribution in [0.4, 0.5) is 11.5 Å². The van der Waals surface area contributed by atoms with Crippen LogP contribution in [0, 0.1) is 0 Å². The summed E-state index contributed by atoms with van der Waals surface area (Å²) in [5.41, 5.74) is 5.40. The van der Waals surface area contributed by atoms with Gasteiger partial charge in [0.25, 0.3) is 5.56 Å². The van der Waals surface area contributed by atoms with Crippen LogP contribution in [0.5, 0.6) is 0 Å². The molecule has 0 aliphatic carbocycles. The van der Waals surface area contributed by atoms with Gasteiger partial charge in [-0.1, -0.05) is 13.8 Å². The SMILES string of the molecule is CCC(C)(CC)Nc1nc[nH]c(=O)c1N. The zero-order valence-electron chi connectivity index (χ0n) is 9.42. The number of anilines is 2. The summed E-state index contributed by atoms with van der Waals surface area (Å²) in [6, 6.07) is 0. The van der Waals surface area contributed by atoms with Crippen molar-refractivity contribution in [3.63, 3.8) is 0 Å². The Morgan fingerprint density at radius 1 is 1.53 bits per heavy atom. The zero-order chi connectivity index (χ0) is 11.5. The highest BCUT2D eigenvalue weighted by atomic mass is 16.1. The van der Waals surface area contributed by atoms with Gasteiger partial charge in [0, 0.05) is 5.54 Å². The van der Waals surface area contributed by atoms with E-state index in [9.17, 15) is 4.79 Å². The lowest BCUT2D eigenvalue weighted by molar-refractivity contribution is 0.477. The van der Waals surface area contributed by atoms with Crippen molar-refractivity contribution in [2.75, 3.05) is 11.1 Å². The van der Waals surface area contributed by atoms with E-state index in [1.165, 1.54) is 6.33 Å².